The zero-order valence-electron chi connectivity index (χ0n) is 24.9. The van der Waals surface area contributed by atoms with Gasteiger partial charge < -0.3 is 5.11 Å². The Bertz CT molecular complexity index is 2260. The third kappa shape index (κ3) is 4.42. The first-order valence-electron chi connectivity index (χ1n) is 15.5. The number of hydrogen-bond donors (Lipinski definition) is 1. The summed E-state index contributed by atoms with van der Waals surface area (Å²) in [5, 5.41) is 17.4. The Labute approximate surface area is 298 Å². The van der Waals surface area contributed by atoms with Crippen LogP contribution in [0.1, 0.15) is 16.7 Å². The Morgan fingerprint density at radius 3 is 1.24 bits per heavy atom. The third-order valence-electron chi connectivity index (χ3n) is 9.63. The van der Waals surface area contributed by atoms with Crippen LogP contribution in [0.5, 0.6) is 0 Å². The molecular formula is C44H29HoO-. The maximum atomic E-state index is 12.2. The van der Waals surface area contributed by atoms with Gasteiger partial charge in [-0.25, -0.2) is 0 Å². The SMILES string of the molecule is OC1(c2ccc(-c3ccc(-c4ccc(-[c-]5c6ccccc6c6ccccc65)cc4)cc3)cc2)c2ccccc2-c2ccccc21.[Ho]. The molecule has 2 heteroatoms. The van der Waals surface area contributed by atoms with Gasteiger partial charge in [0.05, 0.1) is 0 Å². The smallest absolute Gasteiger partial charge is 0.141 e. The molecule has 1 nitrogen and oxygen atoms in total. The van der Waals surface area contributed by atoms with Crippen molar-refractivity contribution in [3.63, 3.8) is 0 Å². The van der Waals surface area contributed by atoms with E-state index >= 15 is 0 Å². The fourth-order valence-electron chi connectivity index (χ4n) is 7.44. The molecular weight excluding hydrogens is 709 g/mol. The van der Waals surface area contributed by atoms with E-state index in [1.54, 1.807) is 0 Å². The second-order valence-electron chi connectivity index (χ2n) is 12.0. The van der Waals surface area contributed by atoms with Crippen molar-refractivity contribution in [1.82, 2.24) is 0 Å². The molecule has 0 aliphatic heterocycles. The van der Waals surface area contributed by atoms with Crippen molar-refractivity contribution in [3.05, 3.63) is 187 Å². The van der Waals surface area contributed by atoms with Crippen LogP contribution in [0, 0.1) is 37.7 Å². The molecule has 0 bridgehead atoms. The molecule has 46 heavy (non-hydrogen) atoms. The standard InChI is InChI=1S/C44H29O.Ho/c45-44(41-15-7-5-11-37(41)38-12-6-8-16-42(38)44)34-27-25-32(26-28-34)30-19-17-29(18-20-30)31-21-23-33(24-22-31)43-39-13-3-1-9-35(39)36-10-2-4-14-40(36)43;/h1-28,45H;/q-1;. The van der Waals surface area contributed by atoms with E-state index in [9.17, 15) is 5.11 Å². The monoisotopic (exact) mass is 738 g/mol. The minimum absolute atomic E-state index is 0. The second kappa shape index (κ2) is 11.5. The maximum Gasteiger partial charge on any atom is 0.141 e. The molecule has 0 saturated heterocycles. The molecule has 0 saturated carbocycles. The molecule has 1 aliphatic rings. The first kappa shape index (κ1) is 29.1. The summed E-state index contributed by atoms with van der Waals surface area (Å²) in [6.45, 7) is 0. The Hall–Kier alpha value is -4.37. The minimum atomic E-state index is -1.16. The van der Waals surface area contributed by atoms with E-state index in [1.807, 2.05) is 36.4 Å². The molecule has 1 N–H and O–H groups in total. The molecule has 1 radical (unpaired) electrons. The first-order chi connectivity index (χ1) is 22.2. The Morgan fingerprint density at radius 1 is 0.391 bits per heavy atom. The number of fused-ring (bicyclic) bond motifs is 6. The van der Waals surface area contributed by atoms with Crippen molar-refractivity contribution in [2.45, 2.75) is 5.60 Å². The van der Waals surface area contributed by atoms with Crippen molar-refractivity contribution in [1.29, 1.82) is 0 Å². The van der Waals surface area contributed by atoms with Gasteiger partial charge in [-0.1, -0.05) is 203 Å². The number of rotatable bonds is 4. The van der Waals surface area contributed by atoms with Crippen LogP contribution < -0.4 is 0 Å². The number of aliphatic hydroxyl groups is 1. The summed E-state index contributed by atoms with van der Waals surface area (Å²) in [6.07, 6.45) is 0. The van der Waals surface area contributed by atoms with Crippen molar-refractivity contribution < 1.29 is 42.8 Å². The van der Waals surface area contributed by atoms with E-state index in [4.69, 9.17) is 0 Å². The zero-order valence-corrected chi connectivity index (χ0v) is 26.8. The van der Waals surface area contributed by atoms with E-state index in [2.05, 4.69) is 133 Å². The van der Waals surface area contributed by atoms with E-state index < -0.39 is 5.60 Å². The van der Waals surface area contributed by atoms with Crippen LogP contribution in [-0.2, 0) is 5.60 Å². The van der Waals surface area contributed by atoms with Gasteiger partial charge in [0.2, 0.25) is 0 Å². The Kier molecular flexibility index (Phi) is 7.24. The number of benzene rings is 7. The third-order valence-corrected chi connectivity index (χ3v) is 9.63. The largest absolute Gasteiger partial charge is 0.376 e. The van der Waals surface area contributed by atoms with Crippen LogP contribution in [0.2, 0.25) is 0 Å². The Balaban J connectivity index is 0.00000312. The normalized spacial score (nSPS) is 12.9. The van der Waals surface area contributed by atoms with Gasteiger partial charge in [-0.3, -0.25) is 0 Å². The molecule has 8 aromatic rings. The van der Waals surface area contributed by atoms with Gasteiger partial charge in [-0.15, -0.1) is 0 Å². The van der Waals surface area contributed by atoms with Crippen LogP contribution in [-0.4, -0.2) is 5.11 Å². The summed E-state index contributed by atoms with van der Waals surface area (Å²) >= 11 is 0. The predicted octanol–water partition coefficient (Wildman–Crippen LogP) is 11.0. The van der Waals surface area contributed by atoms with Crippen molar-refractivity contribution in [3.8, 4) is 44.5 Å². The molecule has 1 aliphatic carbocycles. The van der Waals surface area contributed by atoms with Gasteiger partial charge in [0.15, 0.2) is 0 Å². The molecule has 0 spiro atoms. The van der Waals surface area contributed by atoms with E-state index in [0.717, 1.165) is 38.9 Å². The van der Waals surface area contributed by atoms with Crippen molar-refractivity contribution in [2.75, 3.05) is 0 Å². The molecule has 0 unspecified atom stereocenters. The van der Waals surface area contributed by atoms with Gasteiger partial charge in [-0.05, 0) is 38.9 Å². The molecule has 0 aromatic heterocycles. The van der Waals surface area contributed by atoms with Gasteiger partial charge in [0.25, 0.3) is 0 Å². The van der Waals surface area contributed by atoms with Gasteiger partial charge in [-0.2, -0.15) is 0 Å². The molecule has 8 aromatic carbocycles. The molecule has 0 amide bonds. The van der Waals surface area contributed by atoms with Gasteiger partial charge in [0.1, 0.15) is 5.60 Å². The zero-order chi connectivity index (χ0) is 30.0. The minimum Gasteiger partial charge on any atom is -0.376 e. The topological polar surface area (TPSA) is 20.2 Å². The van der Waals surface area contributed by atoms with E-state index in [0.29, 0.717) is 0 Å². The van der Waals surface area contributed by atoms with E-state index in [-0.39, 0.29) is 37.7 Å². The van der Waals surface area contributed by atoms with Crippen LogP contribution in [0.25, 0.3) is 66.1 Å². The molecule has 223 valence electrons. The van der Waals surface area contributed by atoms with Crippen molar-refractivity contribution >= 4 is 21.5 Å². The summed E-state index contributed by atoms with van der Waals surface area (Å²) in [7, 11) is 0. The summed E-state index contributed by atoms with van der Waals surface area (Å²) < 4.78 is 0. The quantitative estimate of drug-likeness (QED) is 0.141. The molecule has 0 atom stereocenters. The summed E-state index contributed by atoms with van der Waals surface area (Å²) in [5.74, 6) is 0. The van der Waals surface area contributed by atoms with Gasteiger partial charge in [0, 0.05) is 48.9 Å². The average molecular weight is 739 g/mol. The van der Waals surface area contributed by atoms with Crippen LogP contribution >= 0.6 is 0 Å². The molecule has 0 heterocycles. The Morgan fingerprint density at radius 2 is 0.761 bits per heavy atom. The predicted molar refractivity (Wildman–Crippen MR) is 187 cm³/mol. The summed E-state index contributed by atoms with van der Waals surface area (Å²) in [4.78, 5) is 0. The van der Waals surface area contributed by atoms with Crippen LogP contribution in [0.4, 0.5) is 0 Å². The second-order valence-corrected chi connectivity index (χ2v) is 12.0. The van der Waals surface area contributed by atoms with Crippen LogP contribution in [0.15, 0.2) is 170 Å². The summed E-state index contributed by atoms with van der Waals surface area (Å²) in [5.41, 5.74) is 11.0. The van der Waals surface area contributed by atoms with Crippen molar-refractivity contribution in [2.24, 2.45) is 0 Å². The summed E-state index contributed by atoms with van der Waals surface area (Å²) in [6, 6.07) is 59.9. The first-order valence-corrected chi connectivity index (χ1v) is 15.5. The average Bonchev–Trinajstić information content (AvgIpc) is 3.59. The van der Waals surface area contributed by atoms with E-state index in [1.165, 1.54) is 43.8 Å². The fourth-order valence-corrected chi connectivity index (χ4v) is 7.44. The maximum absolute atomic E-state index is 12.2. The molecule has 9 rings (SSSR count). The van der Waals surface area contributed by atoms with Gasteiger partial charge >= 0.3 is 0 Å². The fraction of sp³-hybridized carbons (Fsp3) is 0.0227. The molecule has 0 fully saturated rings. The van der Waals surface area contributed by atoms with Crippen LogP contribution in [0.3, 0.4) is 0 Å². The number of hydrogen-bond acceptors (Lipinski definition) is 1.